The van der Waals surface area contributed by atoms with Crippen molar-refractivity contribution >= 4 is 0 Å². The van der Waals surface area contributed by atoms with Crippen LogP contribution in [0.5, 0.6) is 0 Å². The summed E-state index contributed by atoms with van der Waals surface area (Å²) < 4.78 is 0. The van der Waals surface area contributed by atoms with Crippen LogP contribution in [0.4, 0.5) is 0 Å². The maximum atomic E-state index is 9.88. The molecule has 138 valence electrons. The second-order valence-electron chi connectivity index (χ2n) is 6.06. The summed E-state index contributed by atoms with van der Waals surface area (Å²) in [6.07, 6.45) is -0.979. The van der Waals surface area contributed by atoms with Crippen molar-refractivity contribution in [1.29, 1.82) is 0 Å². The van der Waals surface area contributed by atoms with Crippen LogP contribution in [0.2, 0.25) is 0 Å². The first kappa shape index (κ1) is 20.9. The fourth-order valence-electron chi connectivity index (χ4n) is 2.80. The Kier molecular flexibility index (Phi) is 8.25. The maximum absolute atomic E-state index is 9.88. The number of hydrogen-bond donors (Lipinski definition) is 2. The van der Waals surface area contributed by atoms with Crippen molar-refractivity contribution in [3.63, 3.8) is 0 Å². The van der Waals surface area contributed by atoms with E-state index in [1.165, 1.54) is 0 Å². The zero-order valence-electron chi connectivity index (χ0n) is 14.8. The van der Waals surface area contributed by atoms with Gasteiger partial charge >= 0.3 is 17.1 Å². The standard InChI is InChI=1S/2C12H11O.Fe/c2*13-12(11-8-4-5-9-11)10-6-2-1-3-7-10;/h2*1-9,12-13H;/q2*-1;+2. The van der Waals surface area contributed by atoms with Gasteiger partial charge in [-0.2, -0.15) is 47.5 Å². The summed E-state index contributed by atoms with van der Waals surface area (Å²) in [5, 5.41) is 19.8. The van der Waals surface area contributed by atoms with E-state index in [9.17, 15) is 10.2 Å². The minimum absolute atomic E-state index is 0. The summed E-state index contributed by atoms with van der Waals surface area (Å²) >= 11 is 0. The molecule has 0 aliphatic rings. The minimum atomic E-state index is -0.490. The van der Waals surface area contributed by atoms with E-state index in [-0.39, 0.29) is 17.1 Å². The van der Waals surface area contributed by atoms with Crippen molar-refractivity contribution in [2.75, 3.05) is 0 Å². The van der Waals surface area contributed by atoms with Gasteiger partial charge in [-0.1, -0.05) is 60.7 Å². The van der Waals surface area contributed by atoms with Crippen LogP contribution in [0.25, 0.3) is 0 Å². The molecule has 0 saturated heterocycles. The predicted octanol–water partition coefficient (Wildman–Crippen LogP) is 4.97. The molecule has 0 aliphatic carbocycles. The molecule has 27 heavy (non-hydrogen) atoms. The van der Waals surface area contributed by atoms with E-state index in [1.54, 1.807) is 0 Å². The molecular formula is C24H22FeO2. The zero-order valence-corrected chi connectivity index (χ0v) is 15.9. The summed E-state index contributed by atoms with van der Waals surface area (Å²) in [6, 6.07) is 34.8. The van der Waals surface area contributed by atoms with Gasteiger partial charge in [-0.15, -0.1) is 0 Å². The first-order valence-electron chi connectivity index (χ1n) is 8.65. The van der Waals surface area contributed by atoms with E-state index in [0.717, 1.165) is 22.3 Å². The molecular weight excluding hydrogens is 376 g/mol. The number of benzene rings is 2. The Hall–Kier alpha value is -2.42. The summed E-state index contributed by atoms with van der Waals surface area (Å²) in [6.45, 7) is 0. The molecule has 4 aromatic rings. The Labute approximate surface area is 171 Å². The summed E-state index contributed by atoms with van der Waals surface area (Å²) in [5.74, 6) is 0. The summed E-state index contributed by atoms with van der Waals surface area (Å²) in [4.78, 5) is 0. The van der Waals surface area contributed by atoms with Gasteiger partial charge in [0.1, 0.15) is 0 Å². The predicted molar refractivity (Wildman–Crippen MR) is 105 cm³/mol. The van der Waals surface area contributed by atoms with Gasteiger partial charge in [-0.25, -0.2) is 12.1 Å². The Morgan fingerprint density at radius 2 is 0.889 bits per heavy atom. The van der Waals surface area contributed by atoms with Crippen LogP contribution in [0.3, 0.4) is 0 Å². The normalized spacial score (nSPS) is 12.2. The van der Waals surface area contributed by atoms with Gasteiger partial charge in [0.05, 0.1) is 12.2 Å². The van der Waals surface area contributed by atoms with Crippen molar-refractivity contribution in [2.45, 2.75) is 12.2 Å². The third-order valence-electron chi connectivity index (χ3n) is 4.24. The molecule has 2 N–H and O–H groups in total. The van der Waals surface area contributed by atoms with Crippen LogP contribution in [0.15, 0.2) is 109 Å². The van der Waals surface area contributed by atoms with Crippen molar-refractivity contribution < 1.29 is 27.3 Å². The molecule has 0 amide bonds. The number of rotatable bonds is 4. The zero-order chi connectivity index (χ0) is 18.2. The van der Waals surface area contributed by atoms with E-state index in [2.05, 4.69) is 0 Å². The van der Waals surface area contributed by atoms with Crippen molar-refractivity contribution in [2.24, 2.45) is 0 Å². The Balaban J connectivity index is 0.000000187. The van der Waals surface area contributed by atoms with Gasteiger partial charge in [0.25, 0.3) is 0 Å². The fraction of sp³-hybridized carbons (Fsp3) is 0.0833. The third-order valence-corrected chi connectivity index (χ3v) is 4.24. The molecule has 0 aromatic heterocycles. The van der Waals surface area contributed by atoms with E-state index in [1.807, 2.05) is 109 Å². The van der Waals surface area contributed by atoms with E-state index < -0.39 is 12.2 Å². The molecule has 0 aliphatic heterocycles. The van der Waals surface area contributed by atoms with Crippen LogP contribution < -0.4 is 0 Å². The van der Waals surface area contributed by atoms with E-state index in [0.29, 0.717) is 0 Å². The van der Waals surface area contributed by atoms with Gasteiger partial charge in [0.15, 0.2) is 0 Å². The van der Waals surface area contributed by atoms with Gasteiger partial charge in [0, 0.05) is 0 Å². The molecule has 2 atom stereocenters. The number of aliphatic hydroxyl groups is 2. The smallest absolute Gasteiger partial charge is 0.397 e. The Bertz CT molecular complexity index is 778. The van der Waals surface area contributed by atoms with Gasteiger partial charge in [-0.3, -0.25) is 0 Å². The van der Waals surface area contributed by atoms with E-state index >= 15 is 0 Å². The first-order chi connectivity index (χ1) is 12.8. The monoisotopic (exact) mass is 398 g/mol. The quantitative estimate of drug-likeness (QED) is 0.376. The molecule has 2 unspecified atom stereocenters. The topological polar surface area (TPSA) is 40.5 Å². The summed E-state index contributed by atoms with van der Waals surface area (Å²) in [7, 11) is 0. The summed E-state index contributed by atoms with van der Waals surface area (Å²) in [5.41, 5.74) is 3.78. The molecule has 0 spiro atoms. The van der Waals surface area contributed by atoms with Crippen LogP contribution >= 0.6 is 0 Å². The SMILES string of the molecule is OC(c1ccccc1)c1cc[cH-]c1.OC(c1ccccc1)c1cc[cH-]c1.[Fe+2]. The molecule has 2 nitrogen and oxygen atoms in total. The van der Waals surface area contributed by atoms with Crippen LogP contribution in [0, 0.1) is 0 Å². The Morgan fingerprint density at radius 3 is 1.19 bits per heavy atom. The van der Waals surface area contributed by atoms with Crippen molar-refractivity contribution in [3.8, 4) is 0 Å². The average Bonchev–Trinajstić information content (AvgIpc) is 3.43. The molecule has 0 bridgehead atoms. The fourth-order valence-corrected chi connectivity index (χ4v) is 2.80. The largest absolute Gasteiger partial charge is 2.00 e. The molecule has 0 fully saturated rings. The third kappa shape index (κ3) is 5.78. The number of hydrogen-bond acceptors (Lipinski definition) is 2. The van der Waals surface area contributed by atoms with Gasteiger partial charge in [-0.05, 0) is 11.1 Å². The second-order valence-corrected chi connectivity index (χ2v) is 6.06. The Morgan fingerprint density at radius 1 is 0.519 bits per heavy atom. The van der Waals surface area contributed by atoms with Gasteiger partial charge in [0.2, 0.25) is 0 Å². The second kappa shape index (κ2) is 10.7. The molecule has 0 saturated carbocycles. The van der Waals surface area contributed by atoms with Crippen molar-refractivity contribution in [3.05, 3.63) is 131 Å². The maximum Gasteiger partial charge on any atom is 2.00 e. The number of aliphatic hydroxyl groups excluding tert-OH is 2. The van der Waals surface area contributed by atoms with E-state index in [4.69, 9.17) is 0 Å². The first-order valence-corrected chi connectivity index (χ1v) is 8.65. The average molecular weight is 398 g/mol. The molecule has 4 aromatic carbocycles. The molecule has 0 radical (unpaired) electrons. The van der Waals surface area contributed by atoms with Crippen LogP contribution in [-0.4, -0.2) is 10.2 Å². The molecule has 0 heterocycles. The van der Waals surface area contributed by atoms with Crippen LogP contribution in [0.1, 0.15) is 34.5 Å². The van der Waals surface area contributed by atoms with Crippen molar-refractivity contribution in [1.82, 2.24) is 0 Å². The molecule has 4 rings (SSSR count). The molecule has 3 heteroatoms. The van der Waals surface area contributed by atoms with Gasteiger partial charge < -0.3 is 10.2 Å². The van der Waals surface area contributed by atoms with Crippen LogP contribution in [-0.2, 0) is 17.1 Å². The minimum Gasteiger partial charge on any atom is -0.397 e.